The average Bonchev–Trinajstić information content (AvgIpc) is 2.28. The number of anilines is 1. The summed E-state index contributed by atoms with van der Waals surface area (Å²) in [5.41, 5.74) is 0.579. The molecule has 0 heterocycles. The van der Waals surface area contributed by atoms with Crippen molar-refractivity contribution in [1.82, 2.24) is 0 Å². The number of nitrogens with one attached hydrogen (secondary N) is 1. The molecular formula is C11H15FN2O2S. The number of halogens is 1. The highest BCUT2D eigenvalue weighted by molar-refractivity contribution is 7.98. The molecule has 0 aromatic heterocycles. The van der Waals surface area contributed by atoms with Gasteiger partial charge in [-0.2, -0.15) is 11.8 Å². The first-order chi connectivity index (χ1) is 8.06. The highest BCUT2D eigenvalue weighted by atomic mass is 32.2. The van der Waals surface area contributed by atoms with Crippen LogP contribution in [0, 0.1) is 22.9 Å². The molecule has 0 aliphatic carbocycles. The fourth-order valence-electron chi connectivity index (χ4n) is 1.40. The van der Waals surface area contributed by atoms with Gasteiger partial charge in [-0.3, -0.25) is 10.1 Å². The molecule has 0 amide bonds. The quantitative estimate of drug-likeness (QED) is 0.483. The minimum absolute atomic E-state index is 0.211. The molecule has 6 heteroatoms. The Balaban J connectivity index is 2.81. The van der Waals surface area contributed by atoms with Crippen molar-refractivity contribution in [2.75, 3.05) is 23.9 Å². The fraction of sp³-hybridized carbons (Fsp3) is 0.455. The molecule has 1 aromatic rings. The standard InChI is InChI=1S/C11H15FN2O2S/c1-8-6-10(13-4-3-5-17-2)11(14(15)16)7-9(8)12/h6-7,13H,3-5H2,1-2H3. The van der Waals surface area contributed by atoms with E-state index in [0.29, 0.717) is 17.8 Å². The number of aryl methyl sites for hydroxylation is 1. The molecule has 0 aliphatic rings. The summed E-state index contributed by atoms with van der Waals surface area (Å²) in [6.07, 6.45) is 2.92. The van der Waals surface area contributed by atoms with E-state index in [9.17, 15) is 14.5 Å². The lowest BCUT2D eigenvalue weighted by atomic mass is 10.2. The van der Waals surface area contributed by atoms with Crippen LogP contribution in [-0.2, 0) is 0 Å². The number of nitro groups is 1. The van der Waals surface area contributed by atoms with E-state index in [1.165, 1.54) is 6.07 Å². The van der Waals surface area contributed by atoms with Gasteiger partial charge >= 0.3 is 0 Å². The SMILES string of the molecule is CSCCCNc1cc(C)c(F)cc1[N+](=O)[O-]. The van der Waals surface area contributed by atoms with Crippen LogP contribution in [0.25, 0.3) is 0 Å². The van der Waals surface area contributed by atoms with Gasteiger partial charge in [0.1, 0.15) is 11.5 Å². The fourth-order valence-corrected chi connectivity index (χ4v) is 1.84. The van der Waals surface area contributed by atoms with E-state index in [-0.39, 0.29) is 5.69 Å². The molecule has 0 fully saturated rings. The Labute approximate surface area is 104 Å². The Morgan fingerprint density at radius 3 is 2.82 bits per heavy atom. The van der Waals surface area contributed by atoms with Gasteiger partial charge < -0.3 is 5.32 Å². The molecule has 0 unspecified atom stereocenters. The van der Waals surface area contributed by atoms with Crippen LogP contribution >= 0.6 is 11.8 Å². The van der Waals surface area contributed by atoms with Crippen LogP contribution in [0.5, 0.6) is 0 Å². The summed E-state index contributed by atoms with van der Waals surface area (Å²) in [5.74, 6) is 0.437. The van der Waals surface area contributed by atoms with Crippen LogP contribution in [0.15, 0.2) is 12.1 Å². The predicted molar refractivity (Wildman–Crippen MR) is 69.3 cm³/mol. The van der Waals surface area contributed by atoms with Crippen molar-refractivity contribution in [3.05, 3.63) is 33.6 Å². The second-order valence-electron chi connectivity index (χ2n) is 3.65. The average molecular weight is 258 g/mol. The summed E-state index contributed by atoms with van der Waals surface area (Å²) in [4.78, 5) is 10.2. The highest BCUT2D eigenvalue weighted by Crippen LogP contribution is 2.27. The molecule has 0 saturated carbocycles. The van der Waals surface area contributed by atoms with Crippen molar-refractivity contribution >= 4 is 23.1 Å². The molecule has 0 spiro atoms. The van der Waals surface area contributed by atoms with Crippen molar-refractivity contribution in [3.8, 4) is 0 Å². The molecule has 17 heavy (non-hydrogen) atoms. The Hall–Kier alpha value is -1.30. The summed E-state index contributed by atoms with van der Waals surface area (Å²) >= 11 is 1.72. The van der Waals surface area contributed by atoms with Crippen LogP contribution in [0.3, 0.4) is 0 Å². The third-order valence-corrected chi connectivity index (χ3v) is 3.01. The van der Waals surface area contributed by atoms with Gasteiger partial charge in [-0.25, -0.2) is 4.39 Å². The second-order valence-corrected chi connectivity index (χ2v) is 4.63. The lowest BCUT2D eigenvalue weighted by molar-refractivity contribution is -0.384. The van der Waals surface area contributed by atoms with Crippen molar-refractivity contribution < 1.29 is 9.31 Å². The van der Waals surface area contributed by atoms with Gasteiger partial charge in [-0.1, -0.05) is 0 Å². The maximum absolute atomic E-state index is 13.2. The third kappa shape index (κ3) is 3.89. The zero-order chi connectivity index (χ0) is 12.8. The van der Waals surface area contributed by atoms with E-state index in [1.807, 2.05) is 6.26 Å². The minimum atomic E-state index is -0.570. The third-order valence-electron chi connectivity index (χ3n) is 2.31. The van der Waals surface area contributed by atoms with Gasteiger partial charge in [0, 0.05) is 6.54 Å². The largest absolute Gasteiger partial charge is 0.379 e. The molecule has 0 atom stereocenters. The molecular weight excluding hydrogens is 243 g/mol. The number of hydrogen-bond donors (Lipinski definition) is 1. The van der Waals surface area contributed by atoms with Crippen LogP contribution in [0.2, 0.25) is 0 Å². The van der Waals surface area contributed by atoms with Crippen LogP contribution in [0.1, 0.15) is 12.0 Å². The molecule has 0 aliphatic heterocycles. The Morgan fingerprint density at radius 1 is 1.53 bits per heavy atom. The molecule has 0 radical (unpaired) electrons. The number of nitrogens with zero attached hydrogens (tertiary/aromatic N) is 1. The van der Waals surface area contributed by atoms with Crippen molar-refractivity contribution in [2.45, 2.75) is 13.3 Å². The molecule has 1 N–H and O–H groups in total. The van der Waals surface area contributed by atoms with E-state index >= 15 is 0 Å². The molecule has 1 rings (SSSR count). The van der Waals surface area contributed by atoms with Crippen molar-refractivity contribution in [3.63, 3.8) is 0 Å². The summed E-state index contributed by atoms with van der Waals surface area (Å²) in [5, 5.41) is 13.7. The van der Waals surface area contributed by atoms with Gasteiger partial charge in [-0.15, -0.1) is 0 Å². The van der Waals surface area contributed by atoms with Crippen LogP contribution < -0.4 is 5.32 Å². The molecule has 1 aromatic carbocycles. The maximum Gasteiger partial charge on any atom is 0.295 e. The van der Waals surface area contributed by atoms with E-state index < -0.39 is 10.7 Å². The number of rotatable bonds is 6. The zero-order valence-electron chi connectivity index (χ0n) is 9.83. The maximum atomic E-state index is 13.2. The van der Waals surface area contributed by atoms with Crippen LogP contribution in [-0.4, -0.2) is 23.5 Å². The molecule has 94 valence electrons. The monoisotopic (exact) mass is 258 g/mol. The summed E-state index contributed by atoms with van der Waals surface area (Å²) < 4.78 is 13.2. The van der Waals surface area contributed by atoms with Gasteiger partial charge in [0.25, 0.3) is 5.69 Å². The lowest BCUT2D eigenvalue weighted by Gasteiger charge is -2.08. The van der Waals surface area contributed by atoms with E-state index in [0.717, 1.165) is 18.2 Å². The number of nitro benzene ring substituents is 1. The lowest BCUT2D eigenvalue weighted by Crippen LogP contribution is -2.06. The molecule has 0 saturated heterocycles. The number of thioether (sulfide) groups is 1. The minimum Gasteiger partial charge on any atom is -0.379 e. The second kappa shape index (κ2) is 6.44. The first-order valence-electron chi connectivity index (χ1n) is 5.23. The zero-order valence-corrected chi connectivity index (χ0v) is 10.6. The summed E-state index contributed by atoms with van der Waals surface area (Å²) in [6.45, 7) is 2.24. The summed E-state index contributed by atoms with van der Waals surface area (Å²) in [7, 11) is 0. The van der Waals surface area contributed by atoms with Gasteiger partial charge in [0.2, 0.25) is 0 Å². The van der Waals surface area contributed by atoms with Crippen LogP contribution in [0.4, 0.5) is 15.8 Å². The smallest absolute Gasteiger partial charge is 0.295 e. The predicted octanol–water partition coefficient (Wildman–Crippen LogP) is 3.21. The van der Waals surface area contributed by atoms with Gasteiger partial charge in [0.15, 0.2) is 0 Å². The van der Waals surface area contributed by atoms with Crippen molar-refractivity contribution in [2.24, 2.45) is 0 Å². The molecule has 0 bridgehead atoms. The van der Waals surface area contributed by atoms with E-state index in [1.54, 1.807) is 18.7 Å². The highest BCUT2D eigenvalue weighted by Gasteiger charge is 2.16. The van der Waals surface area contributed by atoms with E-state index in [4.69, 9.17) is 0 Å². The first kappa shape index (κ1) is 13.8. The summed E-state index contributed by atoms with van der Waals surface area (Å²) in [6, 6.07) is 2.44. The van der Waals surface area contributed by atoms with E-state index in [2.05, 4.69) is 5.32 Å². The topological polar surface area (TPSA) is 55.2 Å². The molecule has 4 nitrogen and oxygen atoms in total. The van der Waals surface area contributed by atoms with Crippen molar-refractivity contribution in [1.29, 1.82) is 0 Å². The Morgan fingerprint density at radius 2 is 2.24 bits per heavy atom. The van der Waals surface area contributed by atoms with Gasteiger partial charge in [-0.05, 0) is 37.0 Å². The normalized spacial score (nSPS) is 10.3. The first-order valence-corrected chi connectivity index (χ1v) is 6.63. The van der Waals surface area contributed by atoms with Gasteiger partial charge in [0.05, 0.1) is 11.0 Å². The Kier molecular flexibility index (Phi) is 5.21. The Bertz CT molecular complexity index is 413. The number of hydrogen-bond acceptors (Lipinski definition) is 4. The number of benzene rings is 1.